The van der Waals surface area contributed by atoms with Crippen LogP contribution < -0.4 is 10.1 Å². The number of ether oxygens (including phenoxy) is 1. The zero-order valence-electron chi connectivity index (χ0n) is 12.8. The van der Waals surface area contributed by atoms with Crippen LogP contribution in [0.5, 0.6) is 5.75 Å². The number of amides is 2. The molecular formula is C18H17ClN2O2. The van der Waals surface area contributed by atoms with E-state index in [1.54, 1.807) is 4.90 Å². The van der Waals surface area contributed by atoms with Gasteiger partial charge in [-0.1, -0.05) is 48.0 Å². The van der Waals surface area contributed by atoms with Gasteiger partial charge in [0.05, 0.1) is 12.6 Å². The zero-order chi connectivity index (χ0) is 16.0. The predicted octanol–water partition coefficient (Wildman–Crippen LogP) is 4.11. The molecular weight excluding hydrogens is 312 g/mol. The van der Waals surface area contributed by atoms with Gasteiger partial charge in [-0.2, -0.15) is 0 Å². The van der Waals surface area contributed by atoms with Gasteiger partial charge < -0.3 is 10.1 Å². The molecule has 2 aromatic carbocycles. The van der Waals surface area contributed by atoms with Crippen molar-refractivity contribution < 1.29 is 9.53 Å². The highest BCUT2D eigenvalue weighted by Crippen LogP contribution is 2.44. The molecule has 2 atom stereocenters. The Kier molecular flexibility index (Phi) is 3.23. The smallest absolute Gasteiger partial charge is 0.321 e. The number of nitrogens with zero attached hydrogens (tertiary/aromatic N) is 1. The number of hydrogen-bond donors (Lipinski definition) is 1. The molecule has 0 radical (unpaired) electrons. The maximum absolute atomic E-state index is 12.6. The molecule has 2 aliphatic rings. The van der Waals surface area contributed by atoms with Gasteiger partial charge in [0.2, 0.25) is 0 Å². The number of para-hydroxylation sites is 1. The molecule has 2 heterocycles. The number of carbonyl (C=O) groups is 1. The summed E-state index contributed by atoms with van der Waals surface area (Å²) in [4.78, 5) is 14.4. The summed E-state index contributed by atoms with van der Waals surface area (Å²) < 4.78 is 6.21. The van der Waals surface area contributed by atoms with Gasteiger partial charge >= 0.3 is 6.03 Å². The molecule has 0 spiro atoms. The molecule has 2 aliphatic heterocycles. The molecule has 23 heavy (non-hydrogen) atoms. The van der Waals surface area contributed by atoms with Gasteiger partial charge in [-0.25, -0.2) is 4.79 Å². The Morgan fingerprint density at radius 3 is 2.83 bits per heavy atom. The molecule has 2 bridgehead atoms. The van der Waals surface area contributed by atoms with Crippen molar-refractivity contribution in [2.45, 2.75) is 31.7 Å². The predicted molar refractivity (Wildman–Crippen MR) is 88.4 cm³/mol. The van der Waals surface area contributed by atoms with E-state index in [0.29, 0.717) is 18.0 Å². The average molecular weight is 329 g/mol. The maximum Gasteiger partial charge on any atom is 0.321 e. The molecule has 118 valence electrons. The van der Waals surface area contributed by atoms with Crippen molar-refractivity contribution in [1.82, 2.24) is 10.2 Å². The van der Waals surface area contributed by atoms with E-state index in [0.717, 1.165) is 16.9 Å². The highest BCUT2D eigenvalue weighted by atomic mass is 35.5. The number of urea groups is 1. The van der Waals surface area contributed by atoms with E-state index >= 15 is 0 Å². The molecule has 0 aromatic heterocycles. The summed E-state index contributed by atoms with van der Waals surface area (Å²) in [6.45, 7) is 2.38. The van der Waals surface area contributed by atoms with E-state index in [1.165, 1.54) is 0 Å². The lowest BCUT2D eigenvalue weighted by Crippen LogP contribution is -2.64. The fourth-order valence-electron chi connectivity index (χ4n) is 3.40. The summed E-state index contributed by atoms with van der Waals surface area (Å²) in [5.41, 5.74) is 1.27. The Balaban J connectivity index is 1.70. The van der Waals surface area contributed by atoms with Gasteiger partial charge in [-0.15, -0.1) is 0 Å². The molecule has 1 fully saturated rings. The molecule has 2 amide bonds. The van der Waals surface area contributed by atoms with Crippen molar-refractivity contribution in [1.29, 1.82) is 0 Å². The monoisotopic (exact) mass is 328 g/mol. The summed E-state index contributed by atoms with van der Waals surface area (Å²) in [6.07, 6.45) is 0.709. The van der Waals surface area contributed by atoms with Gasteiger partial charge in [0.1, 0.15) is 5.75 Å². The van der Waals surface area contributed by atoms with Crippen LogP contribution in [0.4, 0.5) is 4.79 Å². The lowest BCUT2D eigenvalue weighted by molar-refractivity contribution is -0.0879. The van der Waals surface area contributed by atoms with Crippen LogP contribution in [0.25, 0.3) is 0 Å². The lowest BCUT2D eigenvalue weighted by atomic mass is 9.90. The van der Waals surface area contributed by atoms with Gasteiger partial charge in [0.25, 0.3) is 0 Å². The fraction of sp³-hybridized carbons (Fsp3) is 0.278. The Morgan fingerprint density at radius 2 is 2.00 bits per heavy atom. The number of rotatable bonds is 2. The van der Waals surface area contributed by atoms with E-state index < -0.39 is 5.72 Å². The van der Waals surface area contributed by atoms with Gasteiger partial charge in [0.15, 0.2) is 5.72 Å². The van der Waals surface area contributed by atoms with Crippen molar-refractivity contribution in [3.63, 3.8) is 0 Å². The van der Waals surface area contributed by atoms with E-state index in [1.807, 2.05) is 55.5 Å². The van der Waals surface area contributed by atoms with Crippen LogP contribution >= 0.6 is 11.6 Å². The van der Waals surface area contributed by atoms with Crippen molar-refractivity contribution in [3.05, 3.63) is 64.7 Å². The fourth-order valence-corrected chi connectivity index (χ4v) is 3.60. The molecule has 2 aromatic rings. The second-order valence-electron chi connectivity index (χ2n) is 6.20. The summed E-state index contributed by atoms with van der Waals surface area (Å²) in [6, 6.07) is 15.3. The van der Waals surface area contributed by atoms with Crippen LogP contribution in [-0.4, -0.2) is 16.7 Å². The third kappa shape index (κ3) is 2.34. The molecule has 4 nitrogen and oxygen atoms in total. The Hall–Kier alpha value is -2.20. The first-order valence-corrected chi connectivity index (χ1v) is 8.04. The second-order valence-corrected chi connectivity index (χ2v) is 6.61. The standard InChI is InChI=1S/C18H17ClN2O2/c1-18-10-15(13-7-3-5-9-16(13)23-18)20-17(22)21(18)11-12-6-2-4-8-14(12)19/h2-9,15H,10-11H2,1H3,(H,20,22). The quantitative estimate of drug-likeness (QED) is 0.901. The first-order chi connectivity index (χ1) is 11.1. The van der Waals surface area contributed by atoms with Crippen LogP contribution in [0.2, 0.25) is 5.02 Å². The molecule has 0 aliphatic carbocycles. The maximum atomic E-state index is 12.6. The summed E-state index contributed by atoms with van der Waals surface area (Å²) in [7, 11) is 0. The number of hydrogen-bond acceptors (Lipinski definition) is 2. The second kappa shape index (κ2) is 5.17. The van der Waals surface area contributed by atoms with Gasteiger partial charge in [-0.05, 0) is 24.6 Å². The summed E-state index contributed by atoms with van der Waals surface area (Å²) in [5.74, 6) is 0.829. The summed E-state index contributed by atoms with van der Waals surface area (Å²) in [5, 5.41) is 3.74. The molecule has 4 rings (SSSR count). The van der Waals surface area contributed by atoms with Gasteiger partial charge in [0, 0.05) is 17.0 Å². The normalized spacial score (nSPS) is 25.4. The largest absolute Gasteiger partial charge is 0.468 e. The van der Waals surface area contributed by atoms with Gasteiger partial charge in [-0.3, -0.25) is 4.90 Å². The molecule has 5 heteroatoms. The van der Waals surface area contributed by atoms with E-state index in [2.05, 4.69) is 5.32 Å². The first kappa shape index (κ1) is 14.4. The minimum absolute atomic E-state index is 0.0139. The van der Waals surface area contributed by atoms with E-state index in [-0.39, 0.29) is 12.1 Å². The van der Waals surface area contributed by atoms with Crippen LogP contribution in [-0.2, 0) is 6.54 Å². The van der Waals surface area contributed by atoms with Crippen LogP contribution in [0, 0.1) is 0 Å². The highest BCUT2D eigenvalue weighted by Gasteiger charge is 2.48. The van der Waals surface area contributed by atoms with Crippen LogP contribution in [0.3, 0.4) is 0 Å². The van der Waals surface area contributed by atoms with Crippen molar-refractivity contribution in [2.75, 3.05) is 0 Å². The Bertz CT molecular complexity index is 779. The Labute approximate surface area is 140 Å². The first-order valence-electron chi connectivity index (χ1n) is 7.66. The molecule has 2 unspecified atom stereocenters. The SMILES string of the molecule is CC12CC(NC(=O)N1Cc1ccccc1Cl)c1ccccc1O2. The number of carbonyl (C=O) groups excluding carboxylic acids is 1. The summed E-state index contributed by atoms with van der Waals surface area (Å²) >= 11 is 6.25. The minimum atomic E-state index is -0.680. The van der Waals surface area contributed by atoms with Crippen molar-refractivity contribution in [3.8, 4) is 5.75 Å². The lowest BCUT2D eigenvalue weighted by Gasteiger charge is -2.50. The highest BCUT2D eigenvalue weighted by molar-refractivity contribution is 6.31. The topological polar surface area (TPSA) is 41.6 Å². The minimum Gasteiger partial charge on any atom is -0.468 e. The number of halogens is 1. The molecule has 0 saturated carbocycles. The van der Waals surface area contributed by atoms with E-state index in [9.17, 15) is 4.79 Å². The number of nitrogens with one attached hydrogen (secondary N) is 1. The van der Waals surface area contributed by atoms with Crippen molar-refractivity contribution in [2.24, 2.45) is 0 Å². The third-order valence-corrected chi connectivity index (χ3v) is 4.98. The number of benzene rings is 2. The Morgan fingerprint density at radius 1 is 1.26 bits per heavy atom. The zero-order valence-corrected chi connectivity index (χ0v) is 13.5. The van der Waals surface area contributed by atoms with Crippen LogP contribution in [0.1, 0.15) is 30.5 Å². The average Bonchev–Trinajstić information content (AvgIpc) is 2.52. The number of fused-ring (bicyclic) bond motifs is 4. The van der Waals surface area contributed by atoms with E-state index in [4.69, 9.17) is 16.3 Å². The molecule has 1 N–H and O–H groups in total. The molecule has 1 saturated heterocycles. The third-order valence-electron chi connectivity index (χ3n) is 4.61. The van der Waals surface area contributed by atoms with Crippen LogP contribution in [0.15, 0.2) is 48.5 Å². The van der Waals surface area contributed by atoms with Crippen molar-refractivity contribution >= 4 is 17.6 Å².